The SMILES string of the molecule is Nc1cc(NCC(C2CC2)C2CC2)nc(C2CC2)n1. The molecule has 3 aliphatic carbocycles. The molecule has 3 N–H and O–H groups in total. The molecule has 0 saturated heterocycles. The van der Waals surface area contributed by atoms with Gasteiger partial charge in [-0.1, -0.05) is 0 Å². The minimum atomic E-state index is 0.562. The van der Waals surface area contributed by atoms with Crippen molar-refractivity contribution >= 4 is 11.6 Å². The Balaban J connectivity index is 1.43. The fourth-order valence-electron chi connectivity index (χ4n) is 3.09. The molecule has 4 rings (SSSR count). The number of nitrogens with zero attached hydrogens (tertiary/aromatic N) is 2. The highest BCUT2D eigenvalue weighted by Gasteiger charge is 2.41. The molecule has 102 valence electrons. The van der Waals surface area contributed by atoms with Gasteiger partial charge in [-0.25, -0.2) is 9.97 Å². The molecule has 3 fully saturated rings. The summed E-state index contributed by atoms with van der Waals surface area (Å²) in [5, 5.41) is 3.52. The second-order valence-corrected chi connectivity index (χ2v) is 6.53. The van der Waals surface area contributed by atoms with E-state index < -0.39 is 0 Å². The van der Waals surface area contributed by atoms with Crippen molar-refractivity contribution in [3.05, 3.63) is 11.9 Å². The highest BCUT2D eigenvalue weighted by Crippen LogP contribution is 2.49. The van der Waals surface area contributed by atoms with Gasteiger partial charge in [0.1, 0.15) is 17.5 Å². The zero-order valence-corrected chi connectivity index (χ0v) is 11.3. The standard InChI is InChI=1S/C15H22N4/c16-13-7-14(19-15(18-13)11-5-6-11)17-8-12(9-1-2-9)10-3-4-10/h7,9-12H,1-6,8H2,(H3,16,17,18,19). The van der Waals surface area contributed by atoms with Gasteiger partial charge in [0.25, 0.3) is 0 Å². The summed E-state index contributed by atoms with van der Waals surface area (Å²) >= 11 is 0. The smallest absolute Gasteiger partial charge is 0.136 e. The monoisotopic (exact) mass is 258 g/mol. The molecule has 0 unspecified atom stereocenters. The Bertz CT molecular complexity index is 463. The molecule has 1 heterocycles. The van der Waals surface area contributed by atoms with Crippen LogP contribution in [0.15, 0.2) is 6.07 Å². The van der Waals surface area contributed by atoms with E-state index in [2.05, 4.69) is 15.3 Å². The zero-order valence-electron chi connectivity index (χ0n) is 11.3. The van der Waals surface area contributed by atoms with E-state index in [0.29, 0.717) is 11.7 Å². The summed E-state index contributed by atoms with van der Waals surface area (Å²) in [5.74, 6) is 5.85. The number of nitrogens with one attached hydrogen (secondary N) is 1. The fourth-order valence-corrected chi connectivity index (χ4v) is 3.09. The molecule has 3 aliphatic rings. The zero-order chi connectivity index (χ0) is 12.8. The second kappa shape index (κ2) is 4.36. The van der Waals surface area contributed by atoms with Gasteiger partial charge in [0.2, 0.25) is 0 Å². The Kier molecular flexibility index (Phi) is 2.64. The molecule has 0 aliphatic heterocycles. The first-order valence-corrected chi connectivity index (χ1v) is 7.68. The maximum Gasteiger partial charge on any atom is 0.136 e. The third-order valence-electron chi connectivity index (χ3n) is 4.68. The molecule has 0 spiro atoms. The topological polar surface area (TPSA) is 63.8 Å². The minimum Gasteiger partial charge on any atom is -0.384 e. The predicted octanol–water partition coefficient (Wildman–Crippen LogP) is 2.78. The molecular formula is C15H22N4. The third kappa shape index (κ3) is 2.67. The van der Waals surface area contributed by atoms with Crippen LogP contribution in [0.4, 0.5) is 11.6 Å². The lowest BCUT2D eigenvalue weighted by atomic mass is 9.98. The second-order valence-electron chi connectivity index (χ2n) is 6.53. The average Bonchev–Trinajstić information content (AvgIpc) is 3.27. The largest absolute Gasteiger partial charge is 0.384 e. The molecule has 3 saturated carbocycles. The van der Waals surface area contributed by atoms with Gasteiger partial charge in [-0.15, -0.1) is 0 Å². The van der Waals surface area contributed by atoms with Crippen molar-refractivity contribution in [2.24, 2.45) is 17.8 Å². The van der Waals surface area contributed by atoms with Crippen molar-refractivity contribution in [3.63, 3.8) is 0 Å². The molecule has 0 aromatic carbocycles. The van der Waals surface area contributed by atoms with Gasteiger partial charge in [-0.05, 0) is 56.3 Å². The lowest BCUT2D eigenvalue weighted by Crippen LogP contribution is -2.19. The number of hydrogen-bond acceptors (Lipinski definition) is 4. The van der Waals surface area contributed by atoms with Crippen LogP contribution < -0.4 is 11.1 Å². The van der Waals surface area contributed by atoms with Gasteiger partial charge in [-0.2, -0.15) is 0 Å². The molecule has 1 aromatic heterocycles. The van der Waals surface area contributed by atoms with E-state index in [4.69, 9.17) is 5.73 Å². The summed E-state index contributed by atoms with van der Waals surface area (Å²) < 4.78 is 0. The van der Waals surface area contributed by atoms with Gasteiger partial charge in [0.15, 0.2) is 0 Å². The molecular weight excluding hydrogens is 236 g/mol. The van der Waals surface area contributed by atoms with E-state index in [1.54, 1.807) is 0 Å². The Labute approximate surface area is 114 Å². The van der Waals surface area contributed by atoms with E-state index in [1.807, 2.05) is 6.07 Å². The van der Waals surface area contributed by atoms with Crippen molar-refractivity contribution in [2.45, 2.75) is 44.4 Å². The number of anilines is 2. The Morgan fingerprint density at radius 2 is 1.79 bits per heavy atom. The number of nitrogens with two attached hydrogens (primary N) is 1. The highest BCUT2D eigenvalue weighted by molar-refractivity contribution is 5.45. The first kappa shape index (κ1) is 11.5. The van der Waals surface area contributed by atoms with Gasteiger partial charge in [-0.3, -0.25) is 0 Å². The van der Waals surface area contributed by atoms with Crippen LogP contribution >= 0.6 is 0 Å². The first-order chi connectivity index (χ1) is 9.29. The van der Waals surface area contributed by atoms with Crippen LogP contribution in [0.2, 0.25) is 0 Å². The van der Waals surface area contributed by atoms with E-state index in [1.165, 1.54) is 38.5 Å². The first-order valence-electron chi connectivity index (χ1n) is 7.68. The molecule has 19 heavy (non-hydrogen) atoms. The Hall–Kier alpha value is -1.32. The van der Waals surface area contributed by atoms with Crippen LogP contribution in [-0.4, -0.2) is 16.5 Å². The number of aromatic nitrogens is 2. The van der Waals surface area contributed by atoms with E-state index in [0.717, 1.165) is 35.9 Å². The van der Waals surface area contributed by atoms with Crippen molar-refractivity contribution in [3.8, 4) is 0 Å². The summed E-state index contributed by atoms with van der Waals surface area (Å²) in [4.78, 5) is 8.97. The summed E-state index contributed by atoms with van der Waals surface area (Å²) in [5.41, 5.74) is 5.88. The molecule has 1 aromatic rings. The van der Waals surface area contributed by atoms with Gasteiger partial charge >= 0.3 is 0 Å². The number of rotatable bonds is 6. The fraction of sp³-hybridized carbons (Fsp3) is 0.733. The maximum absolute atomic E-state index is 5.88. The van der Waals surface area contributed by atoms with E-state index in [9.17, 15) is 0 Å². The van der Waals surface area contributed by atoms with E-state index in [-0.39, 0.29) is 0 Å². The lowest BCUT2D eigenvalue weighted by Gasteiger charge is -2.17. The summed E-state index contributed by atoms with van der Waals surface area (Å²) in [6, 6.07) is 1.88. The summed E-state index contributed by atoms with van der Waals surface area (Å²) in [6.45, 7) is 1.07. The van der Waals surface area contributed by atoms with Gasteiger partial charge < -0.3 is 11.1 Å². The van der Waals surface area contributed by atoms with Crippen molar-refractivity contribution in [1.82, 2.24) is 9.97 Å². The average molecular weight is 258 g/mol. The van der Waals surface area contributed by atoms with Crippen molar-refractivity contribution in [2.75, 3.05) is 17.6 Å². The van der Waals surface area contributed by atoms with Crippen LogP contribution in [0, 0.1) is 17.8 Å². The maximum atomic E-state index is 5.88. The normalized spacial score (nSPS) is 22.8. The number of hydrogen-bond donors (Lipinski definition) is 2. The van der Waals surface area contributed by atoms with E-state index >= 15 is 0 Å². The summed E-state index contributed by atoms with van der Waals surface area (Å²) in [7, 11) is 0. The lowest BCUT2D eigenvalue weighted by molar-refractivity contribution is 0.427. The van der Waals surface area contributed by atoms with Gasteiger partial charge in [0, 0.05) is 18.5 Å². The summed E-state index contributed by atoms with van der Waals surface area (Å²) in [6.07, 6.45) is 8.17. The molecule has 0 radical (unpaired) electrons. The van der Waals surface area contributed by atoms with Gasteiger partial charge in [0.05, 0.1) is 0 Å². The van der Waals surface area contributed by atoms with Crippen molar-refractivity contribution in [1.29, 1.82) is 0 Å². The van der Waals surface area contributed by atoms with Crippen LogP contribution in [0.25, 0.3) is 0 Å². The minimum absolute atomic E-state index is 0.562. The Morgan fingerprint density at radius 1 is 1.11 bits per heavy atom. The van der Waals surface area contributed by atoms with Crippen LogP contribution in [0.3, 0.4) is 0 Å². The van der Waals surface area contributed by atoms with Crippen LogP contribution in [0.1, 0.15) is 50.3 Å². The Morgan fingerprint density at radius 3 is 2.37 bits per heavy atom. The highest BCUT2D eigenvalue weighted by atomic mass is 15.1. The quantitative estimate of drug-likeness (QED) is 0.823. The molecule has 0 amide bonds. The number of nitrogen functional groups attached to an aromatic ring is 1. The third-order valence-corrected chi connectivity index (χ3v) is 4.68. The van der Waals surface area contributed by atoms with Crippen LogP contribution in [0.5, 0.6) is 0 Å². The molecule has 0 atom stereocenters. The molecule has 4 nitrogen and oxygen atoms in total. The predicted molar refractivity (Wildman–Crippen MR) is 75.8 cm³/mol. The van der Waals surface area contributed by atoms with Crippen molar-refractivity contribution < 1.29 is 0 Å². The molecule has 0 bridgehead atoms. The van der Waals surface area contributed by atoms with Crippen LogP contribution in [-0.2, 0) is 0 Å². The molecule has 4 heteroatoms.